The Labute approximate surface area is 148 Å². The zero-order chi connectivity index (χ0) is 16.5. The molecular formula is C17H13ClN4OS. The van der Waals surface area contributed by atoms with Crippen molar-refractivity contribution in [1.82, 2.24) is 14.9 Å². The van der Waals surface area contributed by atoms with E-state index in [-0.39, 0.29) is 0 Å². The van der Waals surface area contributed by atoms with Gasteiger partial charge in [0.2, 0.25) is 5.16 Å². The number of benzene rings is 2. The van der Waals surface area contributed by atoms with Gasteiger partial charge in [-0.1, -0.05) is 47.6 Å². The maximum Gasteiger partial charge on any atom is 0.214 e. The number of fused-ring (bicyclic) bond motifs is 1. The first-order valence-electron chi connectivity index (χ1n) is 7.25. The third-order valence-corrected chi connectivity index (χ3v) is 4.80. The number of rotatable bonds is 3. The van der Waals surface area contributed by atoms with Crippen LogP contribution in [0.25, 0.3) is 17.1 Å². The topological polar surface area (TPSA) is 52.0 Å². The van der Waals surface area contributed by atoms with Crippen molar-refractivity contribution in [1.29, 1.82) is 0 Å². The molecule has 1 aliphatic rings. The molecule has 0 bridgehead atoms. The second-order valence-electron chi connectivity index (χ2n) is 5.11. The molecule has 120 valence electrons. The lowest BCUT2D eigenvalue weighted by Gasteiger charge is -2.19. The van der Waals surface area contributed by atoms with Crippen LogP contribution in [0, 0.1) is 0 Å². The number of methoxy groups -OCH3 is 1. The van der Waals surface area contributed by atoms with Gasteiger partial charge in [-0.25, -0.2) is 4.68 Å². The number of hydrogen-bond donors (Lipinski definition) is 1. The molecule has 1 N–H and O–H groups in total. The van der Waals surface area contributed by atoms with Gasteiger partial charge < -0.3 is 4.74 Å². The lowest BCUT2D eigenvalue weighted by molar-refractivity contribution is 0.414. The molecule has 2 aromatic carbocycles. The molecule has 0 saturated carbocycles. The summed E-state index contributed by atoms with van der Waals surface area (Å²) in [5.74, 6) is 1.48. The van der Waals surface area contributed by atoms with Gasteiger partial charge in [0.05, 0.1) is 17.8 Å². The van der Waals surface area contributed by atoms with Crippen molar-refractivity contribution in [2.45, 2.75) is 5.16 Å². The van der Waals surface area contributed by atoms with E-state index in [1.165, 1.54) is 11.8 Å². The number of aromatic nitrogens is 3. The zero-order valence-corrected chi connectivity index (χ0v) is 14.3. The number of thioether (sulfide) groups is 1. The van der Waals surface area contributed by atoms with E-state index >= 15 is 0 Å². The average Bonchev–Trinajstić information content (AvgIpc) is 3.05. The zero-order valence-electron chi connectivity index (χ0n) is 12.7. The van der Waals surface area contributed by atoms with Crippen molar-refractivity contribution >= 4 is 29.1 Å². The highest BCUT2D eigenvalue weighted by Crippen LogP contribution is 2.34. The highest BCUT2D eigenvalue weighted by atomic mass is 35.5. The molecule has 5 nitrogen and oxygen atoms in total. The van der Waals surface area contributed by atoms with Crippen LogP contribution in [0.1, 0.15) is 5.56 Å². The van der Waals surface area contributed by atoms with Crippen LogP contribution in [0.15, 0.2) is 59.1 Å². The van der Waals surface area contributed by atoms with Gasteiger partial charge >= 0.3 is 0 Å². The minimum atomic E-state index is 0.636. The van der Waals surface area contributed by atoms with Gasteiger partial charge in [-0.15, -0.1) is 10.2 Å². The molecule has 7 heteroatoms. The van der Waals surface area contributed by atoms with E-state index in [0.717, 1.165) is 27.7 Å². The molecule has 0 atom stereocenters. The van der Waals surface area contributed by atoms with E-state index < -0.39 is 0 Å². The predicted octanol–water partition coefficient (Wildman–Crippen LogP) is 4.25. The molecule has 24 heavy (non-hydrogen) atoms. The van der Waals surface area contributed by atoms with Crippen molar-refractivity contribution in [2.75, 3.05) is 12.5 Å². The summed E-state index contributed by atoms with van der Waals surface area (Å²) in [5.41, 5.74) is 6.15. The van der Waals surface area contributed by atoms with Crippen LogP contribution in [0.3, 0.4) is 0 Å². The smallest absolute Gasteiger partial charge is 0.214 e. The van der Waals surface area contributed by atoms with Crippen LogP contribution in [-0.4, -0.2) is 22.0 Å². The lowest BCUT2D eigenvalue weighted by Crippen LogP contribution is -2.18. The molecule has 1 aliphatic heterocycles. The second kappa shape index (κ2) is 6.22. The molecule has 0 unspecified atom stereocenters. The molecule has 0 radical (unpaired) electrons. The van der Waals surface area contributed by atoms with Crippen LogP contribution < -0.4 is 10.2 Å². The van der Waals surface area contributed by atoms with Crippen molar-refractivity contribution in [3.63, 3.8) is 0 Å². The summed E-state index contributed by atoms with van der Waals surface area (Å²) >= 11 is 7.81. The minimum Gasteiger partial charge on any atom is -0.497 e. The Bertz CT molecular complexity index is 938. The number of hydrogen-bond acceptors (Lipinski definition) is 5. The number of ether oxygens (including phenoxy) is 1. The van der Waals surface area contributed by atoms with Gasteiger partial charge in [-0.3, -0.25) is 5.43 Å². The summed E-state index contributed by atoms with van der Waals surface area (Å²) in [6.45, 7) is 0. The predicted molar refractivity (Wildman–Crippen MR) is 96.7 cm³/mol. The number of nitrogens with zero attached hydrogens (tertiary/aromatic N) is 3. The number of nitrogens with one attached hydrogen (secondary N) is 1. The van der Waals surface area contributed by atoms with Gasteiger partial charge in [0, 0.05) is 16.5 Å². The van der Waals surface area contributed by atoms with E-state index in [1.54, 1.807) is 7.11 Å². The molecule has 1 aromatic heterocycles. The summed E-state index contributed by atoms with van der Waals surface area (Å²) in [6.07, 6.45) is 0. The summed E-state index contributed by atoms with van der Waals surface area (Å²) < 4.78 is 7.15. The molecule has 0 aliphatic carbocycles. The third-order valence-electron chi connectivity index (χ3n) is 3.64. The molecular weight excluding hydrogens is 344 g/mol. The third kappa shape index (κ3) is 2.64. The van der Waals surface area contributed by atoms with E-state index in [1.807, 2.05) is 58.6 Å². The van der Waals surface area contributed by atoms with Crippen LogP contribution in [0.4, 0.5) is 0 Å². The van der Waals surface area contributed by atoms with Crippen molar-refractivity contribution < 1.29 is 4.74 Å². The first-order chi connectivity index (χ1) is 11.8. The summed E-state index contributed by atoms with van der Waals surface area (Å²) in [6, 6.07) is 15.5. The van der Waals surface area contributed by atoms with Crippen molar-refractivity contribution in [3.05, 3.63) is 64.5 Å². The van der Waals surface area contributed by atoms with E-state index in [4.69, 9.17) is 16.3 Å². The van der Waals surface area contributed by atoms with E-state index in [0.29, 0.717) is 10.8 Å². The van der Waals surface area contributed by atoms with Gasteiger partial charge in [-0.05, 0) is 24.3 Å². The Hall–Kier alpha value is -2.44. The Morgan fingerprint density at radius 2 is 2.00 bits per heavy atom. The fourth-order valence-electron chi connectivity index (χ4n) is 2.45. The molecule has 2 heterocycles. The van der Waals surface area contributed by atoms with E-state index in [9.17, 15) is 0 Å². The molecule has 0 fully saturated rings. The fraction of sp³-hybridized carbons (Fsp3) is 0.0588. The van der Waals surface area contributed by atoms with Crippen LogP contribution in [0.5, 0.6) is 5.75 Å². The Morgan fingerprint density at radius 1 is 1.12 bits per heavy atom. The SMILES string of the molecule is COc1cccc(C2=CSc3nnc(-c4ccccc4Cl)n3N2)c1. The Balaban J connectivity index is 1.72. The molecule has 0 amide bonds. The summed E-state index contributed by atoms with van der Waals surface area (Å²) in [4.78, 5) is 0. The Morgan fingerprint density at radius 3 is 2.83 bits per heavy atom. The summed E-state index contributed by atoms with van der Waals surface area (Å²) in [7, 11) is 1.66. The summed E-state index contributed by atoms with van der Waals surface area (Å²) in [5, 5.41) is 11.9. The molecule has 4 rings (SSSR count). The highest BCUT2D eigenvalue weighted by Gasteiger charge is 2.20. The number of halogens is 1. The fourth-order valence-corrected chi connectivity index (χ4v) is 3.40. The normalized spacial score (nSPS) is 13.0. The second-order valence-corrected chi connectivity index (χ2v) is 6.36. The monoisotopic (exact) mass is 356 g/mol. The maximum atomic E-state index is 6.30. The van der Waals surface area contributed by atoms with Crippen molar-refractivity contribution in [2.24, 2.45) is 0 Å². The maximum absolute atomic E-state index is 6.30. The molecule has 3 aromatic rings. The van der Waals surface area contributed by atoms with Crippen LogP contribution in [0.2, 0.25) is 5.02 Å². The van der Waals surface area contributed by atoms with Crippen LogP contribution >= 0.6 is 23.4 Å². The van der Waals surface area contributed by atoms with Gasteiger partial charge in [-0.2, -0.15) is 0 Å². The van der Waals surface area contributed by atoms with Gasteiger partial charge in [0.1, 0.15) is 5.75 Å². The van der Waals surface area contributed by atoms with Crippen molar-refractivity contribution in [3.8, 4) is 17.1 Å². The first kappa shape index (κ1) is 15.1. The molecule has 0 saturated heterocycles. The van der Waals surface area contributed by atoms with Gasteiger partial charge in [0.15, 0.2) is 5.82 Å². The lowest BCUT2D eigenvalue weighted by atomic mass is 10.1. The van der Waals surface area contributed by atoms with Crippen LogP contribution in [-0.2, 0) is 0 Å². The average molecular weight is 357 g/mol. The first-order valence-corrected chi connectivity index (χ1v) is 8.50. The quantitative estimate of drug-likeness (QED) is 0.760. The van der Waals surface area contributed by atoms with Gasteiger partial charge in [0.25, 0.3) is 0 Å². The highest BCUT2D eigenvalue weighted by molar-refractivity contribution is 8.02. The van der Waals surface area contributed by atoms with E-state index in [2.05, 4.69) is 15.6 Å². The minimum absolute atomic E-state index is 0.636. The molecule has 0 spiro atoms. The largest absolute Gasteiger partial charge is 0.497 e. The standard InChI is InChI=1S/C17H13ClN4OS/c1-23-12-6-4-5-11(9-12)15-10-24-17-20-19-16(22(17)21-15)13-7-2-3-8-14(13)18/h2-10,21H,1H3. The Kier molecular flexibility index (Phi) is 3.92.